The Labute approximate surface area is 90.2 Å². The van der Waals surface area contributed by atoms with Gasteiger partial charge in [-0.1, -0.05) is 13.3 Å². The Morgan fingerprint density at radius 1 is 1.50 bits per heavy atom. The van der Waals surface area contributed by atoms with Gasteiger partial charge in [-0.2, -0.15) is 6.08 Å². The molecule has 0 atom stereocenters. The van der Waals surface area contributed by atoms with Crippen LogP contribution in [-0.2, 0) is 21.1 Å². The van der Waals surface area contributed by atoms with Crippen molar-refractivity contribution in [2.75, 3.05) is 0 Å². The number of hydrogen-bond acceptors (Lipinski definition) is 1. The molecule has 0 fully saturated rings. The second-order valence-corrected chi connectivity index (χ2v) is 1.66. The molecule has 0 radical (unpaired) electrons. The minimum absolute atomic E-state index is 0. The molecule has 0 bridgehead atoms. The summed E-state index contributed by atoms with van der Waals surface area (Å²) < 4.78 is 0. The third kappa shape index (κ3) is 9.77. The molecule has 0 heterocycles. The molecule has 1 rings (SSSR count). The Bertz CT molecular complexity index is 132. The van der Waals surface area contributed by atoms with E-state index in [9.17, 15) is 0 Å². The average molecular weight is 337 g/mol. The maximum Gasteiger partial charge on any atom is 0 e. The molecule has 3 heteroatoms. The van der Waals surface area contributed by atoms with Crippen molar-refractivity contribution >= 4 is 0 Å². The molecule has 12 heavy (non-hydrogen) atoms. The second-order valence-electron chi connectivity index (χ2n) is 1.66. The Kier molecular flexibility index (Phi) is 32.1. The summed E-state index contributed by atoms with van der Waals surface area (Å²) in [7, 11) is 0. The average Bonchev–Trinajstić information content (AvgIpc) is 2.43. The van der Waals surface area contributed by atoms with Crippen molar-refractivity contribution in [3.8, 4) is 0 Å². The zero-order valence-corrected chi connectivity index (χ0v) is 10.8. The molecule has 0 amide bonds. The van der Waals surface area contributed by atoms with Crippen molar-refractivity contribution in [3.05, 3.63) is 49.2 Å². The number of allylic oxidation sites excluding steroid dienone is 4. The van der Waals surface area contributed by atoms with E-state index in [-0.39, 0.29) is 35.9 Å². The van der Waals surface area contributed by atoms with Crippen molar-refractivity contribution in [1.29, 1.82) is 0 Å². The molecular formula is C9H15NOW-4. The van der Waals surface area contributed by atoms with Gasteiger partial charge in [0.25, 0.3) is 0 Å². The van der Waals surface area contributed by atoms with Gasteiger partial charge in [-0.3, -0.25) is 6.08 Å². The van der Waals surface area contributed by atoms with Crippen LogP contribution in [0.3, 0.4) is 0 Å². The molecule has 0 aromatic heterocycles. The first-order valence-electron chi connectivity index (χ1n) is 2.88. The standard InChI is InChI=1S/C7H9.2CH3.NO.W/c1-2-7-5-3-4-6-7;;;1-2;/h3,5H,2,4H2,1H3;2*1H3;;/q4*-1;. The summed E-state index contributed by atoms with van der Waals surface area (Å²) >= 11 is 0. The summed E-state index contributed by atoms with van der Waals surface area (Å²) in [6.45, 7) is 2.15. The van der Waals surface area contributed by atoms with E-state index in [1.165, 1.54) is 5.57 Å². The van der Waals surface area contributed by atoms with Gasteiger partial charge in [-0.25, -0.2) is 11.6 Å². The van der Waals surface area contributed by atoms with Gasteiger partial charge in [0.15, 0.2) is 0 Å². The first-order chi connectivity index (χ1) is 4.43. The topological polar surface area (TPSA) is 39.4 Å². The molecule has 0 unspecified atom stereocenters. The van der Waals surface area contributed by atoms with Crippen LogP contribution in [0.15, 0.2) is 17.7 Å². The molecule has 1 aliphatic rings. The van der Waals surface area contributed by atoms with Crippen molar-refractivity contribution in [1.82, 2.24) is 0 Å². The van der Waals surface area contributed by atoms with Crippen molar-refractivity contribution < 1.29 is 21.1 Å². The van der Waals surface area contributed by atoms with Gasteiger partial charge in [0.05, 0.1) is 0 Å². The number of rotatable bonds is 1. The van der Waals surface area contributed by atoms with Crippen LogP contribution in [0.4, 0.5) is 0 Å². The zero-order chi connectivity index (χ0) is 7.11. The van der Waals surface area contributed by atoms with E-state index in [0.29, 0.717) is 0 Å². The van der Waals surface area contributed by atoms with E-state index in [4.69, 9.17) is 10.5 Å². The monoisotopic (exact) mass is 337 g/mol. The van der Waals surface area contributed by atoms with E-state index in [1.807, 2.05) is 0 Å². The van der Waals surface area contributed by atoms with Crippen LogP contribution in [0.25, 0.3) is 5.59 Å². The van der Waals surface area contributed by atoms with E-state index in [1.54, 1.807) is 0 Å². The summed E-state index contributed by atoms with van der Waals surface area (Å²) in [4.78, 5) is 7.25. The van der Waals surface area contributed by atoms with E-state index >= 15 is 0 Å². The Morgan fingerprint density at radius 3 is 2.17 bits per heavy atom. The van der Waals surface area contributed by atoms with Gasteiger partial charge in [-0.15, -0.1) is 6.42 Å². The molecular weight excluding hydrogens is 322 g/mol. The number of hydrogen-bond donors (Lipinski definition) is 0. The predicted molar refractivity (Wildman–Crippen MR) is 50.4 cm³/mol. The largest absolute Gasteiger partial charge is 0.577 e. The minimum atomic E-state index is 0. The maximum atomic E-state index is 7.25. The fraction of sp³-hybridized carbons (Fsp3) is 0.333. The normalized spacial score (nSPS) is 10.6. The SMILES string of the molecule is CCC1=[C-]CC=C1.[CH3-].[CH3-].[N-]=O.[W]. The molecule has 0 N–H and O–H groups in total. The molecule has 0 saturated heterocycles. The van der Waals surface area contributed by atoms with Gasteiger partial charge in [0.2, 0.25) is 0 Å². The quantitative estimate of drug-likeness (QED) is 0.677. The van der Waals surface area contributed by atoms with E-state index in [2.05, 4.69) is 25.2 Å². The number of nitroso groups, excluding NO2 is 1. The van der Waals surface area contributed by atoms with Crippen molar-refractivity contribution in [2.24, 2.45) is 0 Å². The third-order valence-corrected chi connectivity index (χ3v) is 1.15. The first kappa shape index (κ1) is 22.6. The van der Waals surface area contributed by atoms with Crippen LogP contribution in [0.1, 0.15) is 19.8 Å². The molecule has 0 saturated carbocycles. The van der Waals surface area contributed by atoms with Crippen LogP contribution in [0.5, 0.6) is 0 Å². The van der Waals surface area contributed by atoms with Crippen molar-refractivity contribution in [2.45, 2.75) is 19.8 Å². The Hall–Kier alpha value is -0.232. The molecule has 2 nitrogen and oxygen atoms in total. The Morgan fingerprint density at radius 2 is 2.00 bits per heavy atom. The summed E-state index contributed by atoms with van der Waals surface area (Å²) in [5, 5.41) is 0. The smallest absolute Gasteiger partial charge is 0 e. The van der Waals surface area contributed by atoms with E-state index < -0.39 is 0 Å². The fourth-order valence-electron chi connectivity index (χ4n) is 0.693. The molecule has 1 aliphatic carbocycles. The molecule has 0 aromatic carbocycles. The molecule has 0 spiro atoms. The van der Waals surface area contributed by atoms with Gasteiger partial charge in [-0.05, 0) is 0 Å². The molecule has 72 valence electrons. The van der Waals surface area contributed by atoms with Gasteiger partial charge in [0, 0.05) is 21.1 Å². The minimum Gasteiger partial charge on any atom is -0.577 e. The van der Waals surface area contributed by atoms with Crippen molar-refractivity contribution in [3.63, 3.8) is 0 Å². The predicted octanol–water partition coefficient (Wildman–Crippen LogP) is 3.31. The molecule has 0 aliphatic heterocycles. The van der Waals surface area contributed by atoms with Crippen LogP contribution in [0, 0.1) is 25.8 Å². The first-order valence-corrected chi connectivity index (χ1v) is 2.88. The maximum absolute atomic E-state index is 7.25. The van der Waals surface area contributed by atoms with Gasteiger partial charge in [0.1, 0.15) is 0 Å². The van der Waals surface area contributed by atoms with Crippen LogP contribution in [0.2, 0.25) is 0 Å². The third-order valence-electron chi connectivity index (χ3n) is 1.15. The van der Waals surface area contributed by atoms with Crippen LogP contribution < -0.4 is 0 Å². The van der Waals surface area contributed by atoms with Gasteiger partial charge < -0.3 is 25.4 Å². The second kappa shape index (κ2) is 17.0. The number of nitrogens with zero attached hydrogens (tertiary/aromatic N) is 1. The molecule has 0 aromatic rings. The zero-order valence-electron chi connectivity index (χ0n) is 7.83. The summed E-state index contributed by atoms with van der Waals surface area (Å²) in [6.07, 6.45) is 9.65. The summed E-state index contributed by atoms with van der Waals surface area (Å²) in [5.74, 6) is 0. The van der Waals surface area contributed by atoms with E-state index in [0.717, 1.165) is 12.8 Å². The van der Waals surface area contributed by atoms with Crippen LogP contribution >= 0.6 is 0 Å². The van der Waals surface area contributed by atoms with Crippen LogP contribution in [-0.4, -0.2) is 0 Å². The Balaban J connectivity index is -0.0000000600. The van der Waals surface area contributed by atoms with Gasteiger partial charge >= 0.3 is 0 Å². The fourth-order valence-corrected chi connectivity index (χ4v) is 0.693. The summed E-state index contributed by atoms with van der Waals surface area (Å²) in [5.41, 5.74) is 7.11. The summed E-state index contributed by atoms with van der Waals surface area (Å²) in [6, 6.07) is 0.